The fraction of sp³-hybridized carbons (Fsp3) is 0.556. The van der Waals surface area contributed by atoms with Crippen LogP contribution in [0.4, 0.5) is 0 Å². The van der Waals surface area contributed by atoms with Gasteiger partial charge in [-0.1, -0.05) is 6.08 Å². The average Bonchev–Trinajstić information content (AvgIpc) is 2.59. The van der Waals surface area contributed by atoms with E-state index in [1.807, 2.05) is 18.2 Å². The van der Waals surface area contributed by atoms with Crippen molar-refractivity contribution in [3.63, 3.8) is 0 Å². The molecule has 0 amide bonds. The third-order valence-corrected chi connectivity index (χ3v) is 3.44. The lowest BCUT2D eigenvalue weighted by Crippen LogP contribution is -2.36. The molecule has 0 bridgehead atoms. The Morgan fingerprint density at radius 3 is 2.38 bits per heavy atom. The van der Waals surface area contributed by atoms with E-state index in [9.17, 15) is 5.11 Å². The van der Waals surface area contributed by atoms with Gasteiger partial charge in [-0.2, -0.15) is 0 Å². The zero-order valence-corrected chi connectivity index (χ0v) is 14.9. The Morgan fingerprint density at radius 1 is 1.17 bits per heavy atom. The first kappa shape index (κ1) is 20.4. The van der Waals surface area contributed by atoms with Gasteiger partial charge in [0.1, 0.15) is 11.5 Å². The summed E-state index contributed by atoms with van der Waals surface area (Å²) in [4.78, 5) is 2.11. The number of hydrogen-bond donors (Lipinski definition) is 1. The van der Waals surface area contributed by atoms with Gasteiger partial charge in [0.15, 0.2) is 0 Å². The summed E-state index contributed by atoms with van der Waals surface area (Å²) in [6, 6.07) is 5.76. The van der Waals surface area contributed by atoms with Gasteiger partial charge in [-0.15, -0.1) is 6.58 Å². The van der Waals surface area contributed by atoms with Gasteiger partial charge in [-0.05, 0) is 17.7 Å². The highest BCUT2D eigenvalue weighted by Crippen LogP contribution is 2.23. The van der Waals surface area contributed by atoms with Crippen LogP contribution in [0.3, 0.4) is 0 Å². The van der Waals surface area contributed by atoms with Crippen LogP contribution >= 0.6 is 0 Å². The lowest BCUT2D eigenvalue weighted by atomic mass is 10.1. The molecule has 1 rings (SSSR count). The monoisotopic (exact) mass is 339 g/mol. The van der Waals surface area contributed by atoms with Crippen LogP contribution in [0.25, 0.3) is 0 Å². The molecule has 0 fully saturated rings. The fourth-order valence-corrected chi connectivity index (χ4v) is 2.31. The SMILES string of the molecule is C=CCOC[C@H](O)CN(CCOC)Cc1cc(OC)cc(OC)c1. The molecular formula is C18H29NO5. The van der Waals surface area contributed by atoms with E-state index < -0.39 is 6.10 Å². The molecule has 1 atom stereocenters. The molecule has 0 aliphatic rings. The van der Waals surface area contributed by atoms with Crippen molar-refractivity contribution in [3.05, 3.63) is 36.4 Å². The molecule has 24 heavy (non-hydrogen) atoms. The molecule has 1 aromatic carbocycles. The summed E-state index contributed by atoms with van der Waals surface area (Å²) in [6.07, 6.45) is 1.09. The zero-order valence-electron chi connectivity index (χ0n) is 14.9. The zero-order chi connectivity index (χ0) is 17.8. The molecule has 0 radical (unpaired) electrons. The van der Waals surface area contributed by atoms with Gasteiger partial charge in [0.2, 0.25) is 0 Å². The number of aliphatic hydroxyl groups excluding tert-OH is 1. The van der Waals surface area contributed by atoms with Gasteiger partial charge in [-0.25, -0.2) is 0 Å². The molecule has 6 nitrogen and oxygen atoms in total. The second-order valence-corrected chi connectivity index (χ2v) is 5.43. The third-order valence-electron chi connectivity index (χ3n) is 3.44. The van der Waals surface area contributed by atoms with Crippen LogP contribution in [-0.4, -0.2) is 70.3 Å². The number of rotatable bonds is 13. The molecule has 0 aromatic heterocycles. The van der Waals surface area contributed by atoms with E-state index in [1.54, 1.807) is 27.4 Å². The van der Waals surface area contributed by atoms with Crippen LogP contribution in [0.2, 0.25) is 0 Å². The van der Waals surface area contributed by atoms with E-state index in [0.717, 1.165) is 17.1 Å². The molecule has 0 saturated carbocycles. The summed E-state index contributed by atoms with van der Waals surface area (Å²) in [5, 5.41) is 10.1. The Kier molecular flexibility index (Phi) is 10.1. The van der Waals surface area contributed by atoms with Gasteiger partial charge in [0, 0.05) is 32.8 Å². The van der Waals surface area contributed by atoms with Gasteiger partial charge < -0.3 is 24.1 Å². The maximum absolute atomic E-state index is 10.1. The molecule has 0 spiro atoms. The standard InChI is InChI=1S/C18H29NO5/c1-5-7-24-14-16(20)13-19(6-8-21-2)12-15-9-17(22-3)11-18(10-15)23-4/h5,9-11,16,20H,1,6-8,12-14H2,2-4H3/t16-/m1/s1. The first-order valence-corrected chi connectivity index (χ1v) is 7.92. The number of methoxy groups -OCH3 is 3. The largest absolute Gasteiger partial charge is 0.497 e. The van der Waals surface area contributed by atoms with E-state index in [2.05, 4.69) is 11.5 Å². The molecule has 0 saturated heterocycles. The summed E-state index contributed by atoms with van der Waals surface area (Å²) in [5.74, 6) is 1.48. The minimum Gasteiger partial charge on any atom is -0.497 e. The van der Waals surface area contributed by atoms with E-state index in [4.69, 9.17) is 18.9 Å². The van der Waals surface area contributed by atoms with Crippen molar-refractivity contribution in [2.75, 3.05) is 54.2 Å². The maximum Gasteiger partial charge on any atom is 0.122 e. The number of ether oxygens (including phenoxy) is 4. The molecular weight excluding hydrogens is 310 g/mol. The van der Waals surface area contributed by atoms with E-state index in [-0.39, 0.29) is 6.61 Å². The topological polar surface area (TPSA) is 60.4 Å². The number of hydrogen-bond acceptors (Lipinski definition) is 6. The molecule has 1 aromatic rings. The number of benzene rings is 1. The predicted octanol–water partition coefficient (Wildman–Crippen LogP) is 1.72. The second kappa shape index (κ2) is 11.9. The smallest absolute Gasteiger partial charge is 0.122 e. The molecule has 1 N–H and O–H groups in total. The van der Waals surface area contributed by atoms with Crippen LogP contribution in [-0.2, 0) is 16.0 Å². The van der Waals surface area contributed by atoms with Gasteiger partial charge in [0.05, 0.1) is 40.1 Å². The number of aliphatic hydroxyl groups is 1. The molecule has 0 heterocycles. The summed E-state index contributed by atoms with van der Waals surface area (Å²) in [6.45, 7) is 6.72. The summed E-state index contributed by atoms with van der Waals surface area (Å²) in [5.41, 5.74) is 1.04. The van der Waals surface area contributed by atoms with Crippen molar-refractivity contribution >= 4 is 0 Å². The summed E-state index contributed by atoms with van der Waals surface area (Å²) >= 11 is 0. The van der Waals surface area contributed by atoms with E-state index >= 15 is 0 Å². The quantitative estimate of drug-likeness (QED) is 0.436. The van der Waals surface area contributed by atoms with Crippen molar-refractivity contribution in [1.29, 1.82) is 0 Å². The highest BCUT2D eigenvalue weighted by Gasteiger charge is 2.14. The Hall–Kier alpha value is -1.60. The highest BCUT2D eigenvalue weighted by atomic mass is 16.5. The predicted molar refractivity (Wildman–Crippen MR) is 93.7 cm³/mol. The van der Waals surface area contributed by atoms with Crippen LogP contribution in [0, 0.1) is 0 Å². The van der Waals surface area contributed by atoms with Crippen molar-refractivity contribution in [1.82, 2.24) is 4.90 Å². The molecule has 0 aliphatic carbocycles. The Labute approximate surface area is 144 Å². The lowest BCUT2D eigenvalue weighted by Gasteiger charge is -2.25. The van der Waals surface area contributed by atoms with Crippen molar-refractivity contribution in [2.24, 2.45) is 0 Å². The van der Waals surface area contributed by atoms with Gasteiger partial charge >= 0.3 is 0 Å². The van der Waals surface area contributed by atoms with Crippen LogP contribution < -0.4 is 9.47 Å². The molecule has 6 heteroatoms. The fourth-order valence-electron chi connectivity index (χ4n) is 2.31. The normalized spacial score (nSPS) is 12.2. The molecule has 136 valence electrons. The first-order chi connectivity index (χ1) is 11.6. The first-order valence-electron chi connectivity index (χ1n) is 7.92. The van der Waals surface area contributed by atoms with Crippen molar-refractivity contribution < 1.29 is 24.1 Å². The van der Waals surface area contributed by atoms with Crippen LogP contribution in [0.15, 0.2) is 30.9 Å². The second-order valence-electron chi connectivity index (χ2n) is 5.43. The van der Waals surface area contributed by atoms with Crippen molar-refractivity contribution in [3.8, 4) is 11.5 Å². The minimum atomic E-state index is -0.575. The van der Waals surface area contributed by atoms with Crippen LogP contribution in [0.1, 0.15) is 5.56 Å². The Morgan fingerprint density at radius 2 is 1.83 bits per heavy atom. The Balaban J connectivity index is 2.72. The summed E-state index contributed by atoms with van der Waals surface area (Å²) < 4.78 is 21.1. The highest BCUT2D eigenvalue weighted by molar-refractivity contribution is 5.38. The van der Waals surface area contributed by atoms with Gasteiger partial charge in [0.25, 0.3) is 0 Å². The van der Waals surface area contributed by atoms with Gasteiger partial charge in [-0.3, -0.25) is 4.90 Å². The number of nitrogens with zero attached hydrogens (tertiary/aromatic N) is 1. The minimum absolute atomic E-state index is 0.275. The lowest BCUT2D eigenvalue weighted by molar-refractivity contribution is 0.0194. The average molecular weight is 339 g/mol. The molecule has 0 aliphatic heterocycles. The maximum atomic E-state index is 10.1. The van der Waals surface area contributed by atoms with Crippen molar-refractivity contribution in [2.45, 2.75) is 12.6 Å². The molecule has 0 unspecified atom stereocenters. The van der Waals surface area contributed by atoms with E-state index in [1.165, 1.54) is 0 Å². The Bertz CT molecular complexity index is 458. The van der Waals surface area contributed by atoms with E-state index in [0.29, 0.717) is 32.8 Å². The van der Waals surface area contributed by atoms with Crippen LogP contribution in [0.5, 0.6) is 11.5 Å². The summed E-state index contributed by atoms with van der Waals surface area (Å²) in [7, 11) is 4.92. The third kappa shape index (κ3) is 7.79.